The summed E-state index contributed by atoms with van der Waals surface area (Å²) in [5.41, 5.74) is 1.31. The summed E-state index contributed by atoms with van der Waals surface area (Å²) in [6, 6.07) is 14.9. The van der Waals surface area contributed by atoms with Crippen LogP contribution in [0.4, 0.5) is 5.69 Å². The molecule has 1 heterocycles. The van der Waals surface area contributed by atoms with Gasteiger partial charge in [0.2, 0.25) is 10.0 Å². The largest absolute Gasteiger partial charge is 0.335 e. The number of carbonyl (C=O) groups excluding carboxylic acids is 1. The third-order valence-electron chi connectivity index (χ3n) is 4.71. The van der Waals surface area contributed by atoms with Gasteiger partial charge in [-0.25, -0.2) is 22.0 Å². The van der Waals surface area contributed by atoms with Gasteiger partial charge in [-0.2, -0.15) is 0 Å². The Morgan fingerprint density at radius 3 is 2.29 bits per heavy atom. The number of primary sulfonamides is 1. The van der Waals surface area contributed by atoms with Crippen LogP contribution in [-0.4, -0.2) is 34.7 Å². The average molecular weight is 480 g/mol. The van der Waals surface area contributed by atoms with E-state index in [1.165, 1.54) is 47.4 Å². The molecule has 3 rings (SSSR count). The van der Waals surface area contributed by atoms with Gasteiger partial charge in [-0.1, -0.05) is 18.2 Å². The zero-order chi connectivity index (χ0) is 22.8. The SMILES string of the molecule is CC(c1cccc(S(N)(=O)=O)c1)N(C)C(=O)c1ccc(NS(=O)(=O)c2cccs2)cc1. The number of carbonyl (C=O) groups is 1. The van der Waals surface area contributed by atoms with E-state index in [2.05, 4.69) is 4.72 Å². The van der Waals surface area contributed by atoms with Gasteiger partial charge in [-0.05, 0) is 60.3 Å². The van der Waals surface area contributed by atoms with Crippen molar-refractivity contribution in [1.29, 1.82) is 0 Å². The van der Waals surface area contributed by atoms with Crippen molar-refractivity contribution in [3.8, 4) is 0 Å². The highest BCUT2D eigenvalue weighted by Crippen LogP contribution is 2.24. The Hall–Kier alpha value is -2.73. The number of benzene rings is 2. The Kier molecular flexibility index (Phi) is 6.51. The molecule has 3 N–H and O–H groups in total. The van der Waals surface area contributed by atoms with Gasteiger partial charge in [-0.3, -0.25) is 9.52 Å². The molecule has 11 heteroatoms. The van der Waals surface area contributed by atoms with Crippen LogP contribution in [0, 0.1) is 0 Å². The fraction of sp³-hybridized carbons (Fsp3) is 0.150. The highest BCUT2D eigenvalue weighted by atomic mass is 32.2. The molecule has 1 aromatic heterocycles. The van der Waals surface area contributed by atoms with Crippen molar-refractivity contribution in [3.05, 3.63) is 77.2 Å². The highest BCUT2D eigenvalue weighted by molar-refractivity contribution is 7.94. The fourth-order valence-corrected chi connectivity index (χ4v) is 5.48. The number of nitrogens with one attached hydrogen (secondary N) is 1. The van der Waals surface area contributed by atoms with Gasteiger partial charge in [-0.15, -0.1) is 11.3 Å². The molecule has 0 saturated heterocycles. The standard InChI is InChI=1S/C20H21N3O5S3/c1-14(16-5-3-6-18(13-16)30(21,25)26)23(2)20(24)15-8-10-17(11-9-15)22-31(27,28)19-7-4-12-29-19/h3-14,22H,1-2H3,(H2,21,25,26). The number of rotatable bonds is 7. The number of hydrogen-bond donors (Lipinski definition) is 2. The lowest BCUT2D eigenvalue weighted by Gasteiger charge is -2.26. The van der Waals surface area contributed by atoms with E-state index < -0.39 is 26.1 Å². The number of nitrogens with two attached hydrogens (primary N) is 1. The number of sulfonamides is 2. The highest BCUT2D eigenvalue weighted by Gasteiger charge is 2.21. The van der Waals surface area contributed by atoms with Crippen LogP contribution < -0.4 is 9.86 Å². The van der Waals surface area contributed by atoms with Crippen LogP contribution in [0.1, 0.15) is 28.9 Å². The van der Waals surface area contributed by atoms with Gasteiger partial charge < -0.3 is 4.90 Å². The predicted octanol–water partition coefficient (Wildman–Crippen LogP) is 3.03. The molecule has 1 atom stereocenters. The summed E-state index contributed by atoms with van der Waals surface area (Å²) in [6.07, 6.45) is 0. The third kappa shape index (κ3) is 5.31. The number of hydrogen-bond acceptors (Lipinski definition) is 6. The van der Waals surface area contributed by atoms with Crippen molar-refractivity contribution in [1.82, 2.24) is 4.90 Å². The van der Waals surface area contributed by atoms with Crippen LogP contribution in [0.3, 0.4) is 0 Å². The van der Waals surface area contributed by atoms with E-state index in [0.29, 0.717) is 16.8 Å². The van der Waals surface area contributed by atoms with E-state index in [9.17, 15) is 21.6 Å². The molecule has 0 aliphatic rings. The summed E-state index contributed by atoms with van der Waals surface area (Å²) in [5, 5.41) is 6.86. The quantitative estimate of drug-likeness (QED) is 0.539. The van der Waals surface area contributed by atoms with Crippen LogP contribution in [-0.2, 0) is 20.0 Å². The number of anilines is 1. The molecule has 0 aliphatic heterocycles. The Labute approximate surface area is 185 Å². The molecule has 0 saturated carbocycles. The van der Waals surface area contributed by atoms with E-state index in [-0.39, 0.29) is 15.0 Å². The fourth-order valence-electron chi connectivity index (χ4n) is 2.86. The van der Waals surface area contributed by atoms with Crippen molar-refractivity contribution in [3.63, 3.8) is 0 Å². The number of nitrogens with zero attached hydrogens (tertiary/aromatic N) is 1. The summed E-state index contributed by atoms with van der Waals surface area (Å²) in [5.74, 6) is -0.304. The topological polar surface area (TPSA) is 127 Å². The second-order valence-electron chi connectivity index (χ2n) is 6.82. The normalized spacial score (nSPS) is 12.9. The molecule has 0 fully saturated rings. The van der Waals surface area contributed by atoms with Gasteiger partial charge in [0.25, 0.3) is 15.9 Å². The zero-order valence-corrected chi connectivity index (χ0v) is 19.2. The van der Waals surface area contributed by atoms with Crippen molar-refractivity contribution in [2.45, 2.75) is 22.1 Å². The van der Waals surface area contributed by atoms with E-state index in [1.807, 2.05) is 0 Å². The summed E-state index contributed by atoms with van der Waals surface area (Å²) in [6.45, 7) is 1.77. The van der Waals surface area contributed by atoms with Crippen LogP contribution >= 0.6 is 11.3 Å². The Morgan fingerprint density at radius 2 is 1.71 bits per heavy atom. The molecule has 164 valence electrons. The molecule has 0 radical (unpaired) electrons. The minimum Gasteiger partial charge on any atom is -0.335 e. The van der Waals surface area contributed by atoms with Crippen molar-refractivity contribution >= 4 is 43.0 Å². The molecule has 1 unspecified atom stereocenters. The summed E-state index contributed by atoms with van der Waals surface area (Å²) in [7, 11) is -5.92. The monoisotopic (exact) mass is 479 g/mol. The van der Waals surface area contributed by atoms with Crippen molar-refractivity contribution < 1.29 is 21.6 Å². The van der Waals surface area contributed by atoms with Gasteiger partial charge in [0.05, 0.1) is 10.9 Å². The van der Waals surface area contributed by atoms with Crippen LogP contribution in [0.5, 0.6) is 0 Å². The van der Waals surface area contributed by atoms with E-state index in [0.717, 1.165) is 11.3 Å². The predicted molar refractivity (Wildman–Crippen MR) is 120 cm³/mol. The van der Waals surface area contributed by atoms with Gasteiger partial charge in [0.15, 0.2) is 0 Å². The van der Waals surface area contributed by atoms with Crippen molar-refractivity contribution in [2.75, 3.05) is 11.8 Å². The van der Waals surface area contributed by atoms with E-state index in [4.69, 9.17) is 5.14 Å². The lowest BCUT2D eigenvalue weighted by Crippen LogP contribution is -2.29. The van der Waals surface area contributed by atoms with Crippen LogP contribution in [0.25, 0.3) is 0 Å². The molecule has 0 spiro atoms. The average Bonchev–Trinajstić information content (AvgIpc) is 3.28. The van der Waals surface area contributed by atoms with E-state index in [1.54, 1.807) is 37.6 Å². The minimum atomic E-state index is -3.85. The second-order valence-corrected chi connectivity index (χ2v) is 11.2. The molecule has 2 aromatic carbocycles. The molecule has 8 nitrogen and oxygen atoms in total. The van der Waals surface area contributed by atoms with Gasteiger partial charge in [0.1, 0.15) is 4.21 Å². The summed E-state index contributed by atoms with van der Waals surface area (Å²) in [4.78, 5) is 14.3. The number of amides is 1. The van der Waals surface area contributed by atoms with Crippen LogP contribution in [0.2, 0.25) is 0 Å². The van der Waals surface area contributed by atoms with Crippen molar-refractivity contribution in [2.24, 2.45) is 5.14 Å². The maximum atomic E-state index is 12.9. The second kappa shape index (κ2) is 8.79. The lowest BCUT2D eigenvalue weighted by molar-refractivity contribution is 0.0742. The zero-order valence-electron chi connectivity index (χ0n) is 16.7. The molecular weight excluding hydrogens is 458 g/mol. The number of thiophene rings is 1. The first-order valence-electron chi connectivity index (χ1n) is 9.05. The molecule has 31 heavy (non-hydrogen) atoms. The Morgan fingerprint density at radius 1 is 1.03 bits per heavy atom. The molecule has 0 aliphatic carbocycles. The minimum absolute atomic E-state index is 0.0277. The molecular formula is C20H21N3O5S3. The molecule has 1 amide bonds. The first kappa shape index (κ1) is 22.9. The summed E-state index contributed by atoms with van der Waals surface area (Å²) >= 11 is 1.11. The van der Waals surface area contributed by atoms with Crippen LogP contribution in [0.15, 0.2) is 75.1 Å². The Balaban J connectivity index is 1.75. The Bertz CT molecular complexity index is 1290. The maximum absolute atomic E-state index is 12.9. The van der Waals surface area contributed by atoms with E-state index >= 15 is 0 Å². The maximum Gasteiger partial charge on any atom is 0.271 e. The third-order valence-corrected chi connectivity index (χ3v) is 8.40. The summed E-state index contributed by atoms with van der Waals surface area (Å²) < 4.78 is 50.5. The first-order valence-corrected chi connectivity index (χ1v) is 13.0. The molecule has 3 aromatic rings. The lowest BCUT2D eigenvalue weighted by atomic mass is 10.1. The first-order chi connectivity index (χ1) is 14.5. The molecule has 0 bridgehead atoms. The smallest absolute Gasteiger partial charge is 0.271 e. The van der Waals surface area contributed by atoms with Gasteiger partial charge >= 0.3 is 0 Å². The van der Waals surface area contributed by atoms with Gasteiger partial charge in [0, 0.05) is 18.3 Å².